The van der Waals surface area contributed by atoms with Crippen molar-refractivity contribution in [2.45, 2.75) is 12.8 Å². The van der Waals surface area contributed by atoms with E-state index in [-0.39, 0.29) is 11.3 Å². The molecule has 0 saturated carbocycles. The molecular weight excluding hydrogens is 336 g/mol. The number of benzene rings is 1. The van der Waals surface area contributed by atoms with E-state index in [9.17, 15) is 14.9 Å². The number of hydrogen-bond acceptors (Lipinski definition) is 7. The summed E-state index contributed by atoms with van der Waals surface area (Å²) in [4.78, 5) is 24.8. The van der Waals surface area contributed by atoms with Crippen LogP contribution in [0.3, 0.4) is 0 Å². The van der Waals surface area contributed by atoms with E-state index in [2.05, 4.69) is 25.7 Å². The van der Waals surface area contributed by atoms with Gasteiger partial charge < -0.3 is 15.5 Å². The van der Waals surface area contributed by atoms with Gasteiger partial charge in [0.2, 0.25) is 0 Å². The highest BCUT2D eigenvalue weighted by Gasteiger charge is 2.18. The SMILES string of the molecule is O=C(NCCNc1cc(N2CCCC2)cnn1)c1ccccc1[N+](=O)[O-]. The summed E-state index contributed by atoms with van der Waals surface area (Å²) in [6.45, 7) is 2.79. The molecule has 1 aliphatic rings. The van der Waals surface area contributed by atoms with Crippen molar-refractivity contribution in [1.82, 2.24) is 15.5 Å². The van der Waals surface area contributed by atoms with Crippen molar-refractivity contribution in [3.05, 3.63) is 52.2 Å². The molecule has 1 aliphatic heterocycles. The number of nitrogens with zero attached hydrogens (tertiary/aromatic N) is 4. The second-order valence-corrected chi connectivity index (χ2v) is 5.95. The van der Waals surface area contributed by atoms with E-state index in [0.29, 0.717) is 18.9 Å². The number of nitrogens with one attached hydrogen (secondary N) is 2. The van der Waals surface area contributed by atoms with Crippen molar-refractivity contribution in [2.75, 3.05) is 36.4 Å². The van der Waals surface area contributed by atoms with Crippen LogP contribution in [0.1, 0.15) is 23.2 Å². The molecule has 2 heterocycles. The highest BCUT2D eigenvalue weighted by Crippen LogP contribution is 2.20. The zero-order valence-corrected chi connectivity index (χ0v) is 14.2. The molecule has 0 bridgehead atoms. The van der Waals surface area contributed by atoms with Crippen LogP contribution in [-0.2, 0) is 0 Å². The summed E-state index contributed by atoms with van der Waals surface area (Å²) in [6.07, 6.45) is 4.11. The summed E-state index contributed by atoms with van der Waals surface area (Å²) >= 11 is 0. The third kappa shape index (κ3) is 4.24. The second-order valence-electron chi connectivity index (χ2n) is 5.95. The maximum atomic E-state index is 12.1. The zero-order chi connectivity index (χ0) is 18.4. The molecule has 3 rings (SSSR count). The minimum Gasteiger partial charge on any atom is -0.370 e. The molecule has 26 heavy (non-hydrogen) atoms. The Bertz CT molecular complexity index is 792. The summed E-state index contributed by atoms with van der Waals surface area (Å²) in [5.41, 5.74) is 0.874. The van der Waals surface area contributed by atoms with Crippen LogP contribution in [0.2, 0.25) is 0 Å². The second kappa shape index (κ2) is 8.24. The first-order valence-electron chi connectivity index (χ1n) is 8.48. The highest BCUT2D eigenvalue weighted by atomic mass is 16.6. The maximum absolute atomic E-state index is 12.1. The number of nitro groups is 1. The number of amides is 1. The molecule has 136 valence electrons. The van der Waals surface area contributed by atoms with Gasteiger partial charge in [-0.3, -0.25) is 14.9 Å². The van der Waals surface area contributed by atoms with Crippen LogP contribution in [0, 0.1) is 10.1 Å². The molecule has 2 aromatic rings. The number of para-hydroxylation sites is 1. The summed E-state index contributed by atoms with van der Waals surface area (Å²) in [7, 11) is 0. The average Bonchev–Trinajstić information content (AvgIpc) is 3.20. The van der Waals surface area contributed by atoms with Gasteiger partial charge >= 0.3 is 0 Å². The van der Waals surface area contributed by atoms with E-state index in [1.807, 2.05) is 6.07 Å². The van der Waals surface area contributed by atoms with Gasteiger partial charge in [0, 0.05) is 38.3 Å². The van der Waals surface area contributed by atoms with Gasteiger partial charge in [-0.05, 0) is 18.9 Å². The average molecular weight is 356 g/mol. The first-order valence-corrected chi connectivity index (χ1v) is 8.48. The molecule has 0 spiro atoms. The van der Waals surface area contributed by atoms with Gasteiger partial charge in [0.1, 0.15) is 5.56 Å². The number of aromatic nitrogens is 2. The van der Waals surface area contributed by atoms with Crippen LogP contribution in [-0.4, -0.2) is 47.2 Å². The predicted octanol–water partition coefficient (Wildman–Crippen LogP) is 1.83. The summed E-state index contributed by atoms with van der Waals surface area (Å²) in [6, 6.07) is 7.81. The molecule has 1 aromatic heterocycles. The lowest BCUT2D eigenvalue weighted by Crippen LogP contribution is -2.29. The van der Waals surface area contributed by atoms with Crippen molar-refractivity contribution in [3.63, 3.8) is 0 Å². The van der Waals surface area contributed by atoms with E-state index < -0.39 is 10.8 Å². The number of carbonyl (C=O) groups excluding carboxylic acids is 1. The lowest BCUT2D eigenvalue weighted by atomic mass is 10.1. The van der Waals surface area contributed by atoms with Crippen LogP contribution >= 0.6 is 0 Å². The van der Waals surface area contributed by atoms with Gasteiger partial charge in [0.25, 0.3) is 11.6 Å². The third-order valence-corrected chi connectivity index (χ3v) is 4.17. The Hall–Kier alpha value is -3.23. The minimum atomic E-state index is -0.563. The first-order chi connectivity index (χ1) is 12.6. The molecule has 2 N–H and O–H groups in total. The minimum absolute atomic E-state index is 0.0494. The van der Waals surface area contributed by atoms with E-state index in [1.54, 1.807) is 12.3 Å². The Balaban J connectivity index is 1.51. The Morgan fingerprint density at radius 3 is 2.77 bits per heavy atom. The van der Waals surface area contributed by atoms with Gasteiger partial charge in [-0.1, -0.05) is 12.1 Å². The molecule has 0 atom stereocenters. The Kier molecular flexibility index (Phi) is 5.57. The first kappa shape index (κ1) is 17.6. The fraction of sp³-hybridized carbons (Fsp3) is 0.353. The molecule has 1 amide bonds. The number of nitro benzene ring substituents is 1. The smallest absolute Gasteiger partial charge is 0.282 e. The Morgan fingerprint density at radius 2 is 2.00 bits per heavy atom. The predicted molar refractivity (Wildman–Crippen MR) is 97.4 cm³/mol. The van der Waals surface area contributed by atoms with Crippen LogP contribution in [0.25, 0.3) is 0 Å². The van der Waals surface area contributed by atoms with Crippen molar-refractivity contribution in [2.24, 2.45) is 0 Å². The molecular formula is C17H20N6O3. The third-order valence-electron chi connectivity index (χ3n) is 4.17. The Morgan fingerprint density at radius 1 is 1.23 bits per heavy atom. The van der Waals surface area contributed by atoms with Crippen molar-refractivity contribution in [1.29, 1.82) is 0 Å². The summed E-state index contributed by atoms with van der Waals surface area (Å²) < 4.78 is 0. The summed E-state index contributed by atoms with van der Waals surface area (Å²) in [5, 5.41) is 24.8. The van der Waals surface area contributed by atoms with Crippen LogP contribution < -0.4 is 15.5 Å². The van der Waals surface area contributed by atoms with Crippen LogP contribution in [0.4, 0.5) is 17.2 Å². The Labute approximate surface area is 150 Å². The fourth-order valence-electron chi connectivity index (χ4n) is 2.88. The van der Waals surface area contributed by atoms with Gasteiger partial charge in [-0.25, -0.2) is 0 Å². The zero-order valence-electron chi connectivity index (χ0n) is 14.2. The van der Waals surface area contributed by atoms with Crippen LogP contribution in [0.5, 0.6) is 0 Å². The topological polar surface area (TPSA) is 113 Å². The number of anilines is 2. The van der Waals surface area contributed by atoms with E-state index in [4.69, 9.17) is 0 Å². The lowest BCUT2D eigenvalue weighted by Gasteiger charge is -2.17. The van der Waals surface area contributed by atoms with Crippen molar-refractivity contribution in [3.8, 4) is 0 Å². The molecule has 1 saturated heterocycles. The number of carbonyl (C=O) groups is 1. The molecule has 1 aromatic carbocycles. The molecule has 1 fully saturated rings. The van der Waals surface area contributed by atoms with Gasteiger partial charge in [-0.15, -0.1) is 5.10 Å². The molecule has 0 radical (unpaired) electrons. The molecule has 9 nitrogen and oxygen atoms in total. The number of rotatable bonds is 7. The van der Waals surface area contributed by atoms with Gasteiger partial charge in [0.05, 0.1) is 16.8 Å². The normalized spacial score (nSPS) is 13.5. The standard InChI is InChI=1S/C17H20N6O3/c24-17(14-5-1-2-6-15(14)23(25)26)19-8-7-18-16-11-13(12-20-21-16)22-9-3-4-10-22/h1-2,5-6,11-12H,3-4,7-10H2,(H,18,21)(H,19,24). The van der Waals surface area contributed by atoms with Gasteiger partial charge in [0.15, 0.2) is 5.82 Å². The monoisotopic (exact) mass is 356 g/mol. The van der Waals surface area contributed by atoms with E-state index in [0.717, 1.165) is 18.8 Å². The summed E-state index contributed by atoms with van der Waals surface area (Å²) in [5.74, 6) is 0.158. The van der Waals surface area contributed by atoms with Crippen LogP contribution in [0.15, 0.2) is 36.5 Å². The molecule has 0 aliphatic carbocycles. The number of hydrogen-bond donors (Lipinski definition) is 2. The van der Waals surface area contributed by atoms with E-state index >= 15 is 0 Å². The maximum Gasteiger partial charge on any atom is 0.282 e. The van der Waals surface area contributed by atoms with Gasteiger partial charge in [-0.2, -0.15) is 5.10 Å². The largest absolute Gasteiger partial charge is 0.370 e. The van der Waals surface area contributed by atoms with E-state index in [1.165, 1.54) is 31.0 Å². The van der Waals surface area contributed by atoms with Crippen molar-refractivity contribution >= 4 is 23.1 Å². The van der Waals surface area contributed by atoms with Crippen molar-refractivity contribution < 1.29 is 9.72 Å². The molecule has 9 heteroatoms. The fourth-order valence-corrected chi connectivity index (χ4v) is 2.88. The lowest BCUT2D eigenvalue weighted by molar-refractivity contribution is -0.385. The molecule has 0 unspecified atom stereocenters. The highest BCUT2D eigenvalue weighted by molar-refractivity contribution is 5.98. The quantitative estimate of drug-likeness (QED) is 0.442.